The van der Waals surface area contributed by atoms with E-state index < -0.39 is 0 Å². The van der Waals surface area contributed by atoms with Gasteiger partial charge in [0.1, 0.15) is 0 Å². The van der Waals surface area contributed by atoms with Crippen LogP contribution in [0.5, 0.6) is 11.5 Å². The van der Waals surface area contributed by atoms with Gasteiger partial charge in [-0.2, -0.15) is 0 Å². The highest BCUT2D eigenvalue weighted by molar-refractivity contribution is 6.14. The Labute approximate surface area is 146 Å². The molecule has 0 fully saturated rings. The Balaban J connectivity index is 1.75. The van der Waals surface area contributed by atoms with Crippen LogP contribution in [-0.4, -0.2) is 20.0 Å². The summed E-state index contributed by atoms with van der Waals surface area (Å²) in [5.74, 6) is 1.50. The number of anilines is 1. The molecule has 0 aromatic heterocycles. The molecule has 1 heterocycles. The highest BCUT2D eigenvalue weighted by atomic mass is 16.5. The lowest BCUT2D eigenvalue weighted by Crippen LogP contribution is -2.23. The number of benzene rings is 3. The molecule has 0 saturated carbocycles. The molecule has 0 bridgehead atoms. The molecular weight excluding hydrogens is 314 g/mol. The third-order valence-corrected chi connectivity index (χ3v) is 4.74. The summed E-state index contributed by atoms with van der Waals surface area (Å²) < 4.78 is 10.7. The lowest BCUT2D eigenvalue weighted by Gasteiger charge is -2.28. The van der Waals surface area contributed by atoms with Crippen molar-refractivity contribution in [3.05, 3.63) is 65.7 Å². The third kappa shape index (κ3) is 2.60. The van der Waals surface area contributed by atoms with Crippen LogP contribution in [0.25, 0.3) is 10.8 Å². The first-order chi connectivity index (χ1) is 12.2. The van der Waals surface area contributed by atoms with Crippen molar-refractivity contribution >= 4 is 22.2 Å². The van der Waals surface area contributed by atoms with E-state index >= 15 is 0 Å². The third-order valence-electron chi connectivity index (χ3n) is 4.74. The van der Waals surface area contributed by atoms with Gasteiger partial charge in [0.05, 0.1) is 20.3 Å². The van der Waals surface area contributed by atoms with Crippen LogP contribution in [0.3, 0.4) is 0 Å². The Hall–Kier alpha value is -3.01. The number of nitrogens with one attached hydrogen (secondary N) is 1. The SMILES string of the molecule is COc1ccc([C@H]2CC(=O)c3c(ccc4ccccc34)N2)cc1OC. The first-order valence-corrected chi connectivity index (χ1v) is 8.24. The van der Waals surface area contributed by atoms with E-state index in [0.29, 0.717) is 17.9 Å². The standard InChI is InChI=1S/C21H19NO3/c1-24-19-10-8-14(11-20(19)25-2)17-12-18(23)21-15-6-4-3-5-13(15)7-9-16(21)22-17/h3-11,17,22H,12H2,1-2H3/t17-/m1/s1. The number of hydrogen-bond acceptors (Lipinski definition) is 4. The molecule has 0 radical (unpaired) electrons. The maximum atomic E-state index is 12.9. The van der Waals surface area contributed by atoms with E-state index in [1.54, 1.807) is 14.2 Å². The number of rotatable bonds is 3. The number of methoxy groups -OCH3 is 2. The van der Waals surface area contributed by atoms with Gasteiger partial charge in [-0.25, -0.2) is 0 Å². The van der Waals surface area contributed by atoms with Crippen molar-refractivity contribution < 1.29 is 14.3 Å². The van der Waals surface area contributed by atoms with Gasteiger partial charge in [-0.1, -0.05) is 36.4 Å². The van der Waals surface area contributed by atoms with E-state index in [0.717, 1.165) is 27.6 Å². The number of hydrogen-bond donors (Lipinski definition) is 1. The van der Waals surface area contributed by atoms with Gasteiger partial charge in [0.25, 0.3) is 0 Å². The number of carbonyl (C=O) groups is 1. The maximum Gasteiger partial charge on any atom is 0.167 e. The van der Waals surface area contributed by atoms with E-state index in [2.05, 4.69) is 5.32 Å². The van der Waals surface area contributed by atoms with Crippen LogP contribution in [-0.2, 0) is 0 Å². The van der Waals surface area contributed by atoms with Crippen LogP contribution in [0.4, 0.5) is 5.69 Å². The number of ether oxygens (including phenoxy) is 2. The Morgan fingerprint density at radius 1 is 0.960 bits per heavy atom. The minimum Gasteiger partial charge on any atom is -0.493 e. The van der Waals surface area contributed by atoms with Gasteiger partial charge in [-0.15, -0.1) is 0 Å². The molecule has 1 aliphatic rings. The van der Waals surface area contributed by atoms with Gasteiger partial charge in [0.2, 0.25) is 0 Å². The van der Waals surface area contributed by atoms with Gasteiger partial charge in [-0.3, -0.25) is 4.79 Å². The molecule has 4 heteroatoms. The molecule has 3 aromatic carbocycles. The fourth-order valence-electron chi connectivity index (χ4n) is 3.49. The van der Waals surface area contributed by atoms with Gasteiger partial charge in [-0.05, 0) is 34.5 Å². The minimum absolute atomic E-state index is 0.0824. The molecule has 3 aromatic rings. The van der Waals surface area contributed by atoms with Crippen molar-refractivity contribution in [2.45, 2.75) is 12.5 Å². The van der Waals surface area contributed by atoms with Crippen molar-refractivity contribution in [1.82, 2.24) is 0 Å². The lowest BCUT2D eigenvalue weighted by atomic mass is 9.89. The Bertz CT molecular complexity index is 965. The van der Waals surface area contributed by atoms with Crippen LogP contribution in [0.15, 0.2) is 54.6 Å². The number of carbonyl (C=O) groups excluding carboxylic acids is 1. The fraction of sp³-hybridized carbons (Fsp3) is 0.190. The largest absolute Gasteiger partial charge is 0.493 e. The predicted molar refractivity (Wildman–Crippen MR) is 98.8 cm³/mol. The van der Waals surface area contributed by atoms with E-state index in [1.165, 1.54) is 0 Å². The topological polar surface area (TPSA) is 47.6 Å². The number of ketones is 1. The second-order valence-electron chi connectivity index (χ2n) is 6.15. The monoisotopic (exact) mass is 333 g/mol. The van der Waals surface area contributed by atoms with Gasteiger partial charge in [0.15, 0.2) is 17.3 Å². The highest BCUT2D eigenvalue weighted by Crippen LogP contribution is 2.38. The van der Waals surface area contributed by atoms with Gasteiger partial charge < -0.3 is 14.8 Å². The van der Waals surface area contributed by atoms with Crippen LogP contribution in [0, 0.1) is 0 Å². The van der Waals surface area contributed by atoms with Crippen molar-refractivity contribution in [2.24, 2.45) is 0 Å². The van der Waals surface area contributed by atoms with Gasteiger partial charge in [0, 0.05) is 17.7 Å². The Morgan fingerprint density at radius 3 is 2.56 bits per heavy atom. The second kappa shape index (κ2) is 6.13. The summed E-state index contributed by atoms with van der Waals surface area (Å²) in [7, 11) is 3.23. The summed E-state index contributed by atoms with van der Waals surface area (Å²) in [5.41, 5.74) is 2.68. The first kappa shape index (κ1) is 15.5. The second-order valence-corrected chi connectivity index (χ2v) is 6.15. The molecule has 1 N–H and O–H groups in total. The highest BCUT2D eigenvalue weighted by Gasteiger charge is 2.27. The summed E-state index contributed by atoms with van der Waals surface area (Å²) in [6, 6.07) is 17.7. The number of Topliss-reactive ketones (excluding diaryl/α,β-unsaturated/α-hetero) is 1. The summed E-state index contributed by atoms with van der Waals surface area (Å²) in [5, 5.41) is 5.59. The molecular formula is C21H19NO3. The summed E-state index contributed by atoms with van der Waals surface area (Å²) in [4.78, 5) is 12.9. The molecule has 0 amide bonds. The smallest absolute Gasteiger partial charge is 0.167 e. The molecule has 1 aliphatic heterocycles. The quantitative estimate of drug-likeness (QED) is 0.761. The minimum atomic E-state index is -0.0824. The molecule has 0 aliphatic carbocycles. The molecule has 4 nitrogen and oxygen atoms in total. The number of fused-ring (bicyclic) bond motifs is 3. The molecule has 126 valence electrons. The zero-order chi connectivity index (χ0) is 17.4. The molecule has 4 rings (SSSR count). The van der Waals surface area contributed by atoms with Crippen LogP contribution in [0.1, 0.15) is 28.4 Å². The van der Waals surface area contributed by atoms with Crippen molar-refractivity contribution in [1.29, 1.82) is 0 Å². The van der Waals surface area contributed by atoms with E-state index in [1.807, 2.05) is 54.6 Å². The molecule has 1 atom stereocenters. The zero-order valence-electron chi connectivity index (χ0n) is 14.2. The van der Waals surface area contributed by atoms with Crippen LogP contribution < -0.4 is 14.8 Å². The average Bonchev–Trinajstić information content (AvgIpc) is 2.66. The summed E-state index contributed by atoms with van der Waals surface area (Å²) >= 11 is 0. The lowest BCUT2D eigenvalue weighted by molar-refractivity contribution is 0.0974. The average molecular weight is 333 g/mol. The molecule has 0 saturated heterocycles. The van der Waals surface area contributed by atoms with E-state index in [9.17, 15) is 4.79 Å². The molecule has 0 unspecified atom stereocenters. The Morgan fingerprint density at radius 2 is 1.76 bits per heavy atom. The van der Waals surface area contributed by atoms with Gasteiger partial charge >= 0.3 is 0 Å². The van der Waals surface area contributed by atoms with E-state index in [4.69, 9.17) is 9.47 Å². The normalized spacial score (nSPS) is 16.2. The predicted octanol–water partition coefficient (Wildman–Crippen LogP) is 4.60. The Kier molecular flexibility index (Phi) is 3.80. The van der Waals surface area contributed by atoms with E-state index in [-0.39, 0.29) is 11.8 Å². The summed E-state index contributed by atoms with van der Waals surface area (Å²) in [6.45, 7) is 0. The van der Waals surface area contributed by atoms with Crippen molar-refractivity contribution in [3.8, 4) is 11.5 Å². The van der Waals surface area contributed by atoms with Crippen LogP contribution in [0.2, 0.25) is 0 Å². The molecule has 25 heavy (non-hydrogen) atoms. The van der Waals surface area contributed by atoms with Crippen molar-refractivity contribution in [2.75, 3.05) is 19.5 Å². The van der Waals surface area contributed by atoms with Crippen molar-refractivity contribution in [3.63, 3.8) is 0 Å². The first-order valence-electron chi connectivity index (χ1n) is 8.24. The van der Waals surface area contributed by atoms with Crippen LogP contribution >= 0.6 is 0 Å². The zero-order valence-corrected chi connectivity index (χ0v) is 14.2. The maximum absolute atomic E-state index is 12.9. The summed E-state index contributed by atoms with van der Waals surface area (Å²) in [6.07, 6.45) is 0.413. The fourth-order valence-corrected chi connectivity index (χ4v) is 3.49. The molecule has 0 spiro atoms.